The van der Waals surface area contributed by atoms with Crippen molar-refractivity contribution in [3.05, 3.63) is 51.5 Å². The lowest BCUT2D eigenvalue weighted by Crippen LogP contribution is -2.17. The highest BCUT2D eigenvalue weighted by Crippen LogP contribution is 2.23. The molecule has 0 radical (unpaired) electrons. The van der Waals surface area contributed by atoms with Crippen molar-refractivity contribution in [2.45, 2.75) is 18.7 Å². The van der Waals surface area contributed by atoms with Crippen LogP contribution in [0.25, 0.3) is 0 Å². The van der Waals surface area contributed by atoms with E-state index in [9.17, 15) is 17.6 Å². The maximum absolute atomic E-state index is 13.5. The molecule has 0 aliphatic rings. The fourth-order valence-corrected chi connectivity index (χ4v) is 4.18. The van der Waals surface area contributed by atoms with Crippen molar-refractivity contribution in [1.82, 2.24) is 0 Å². The van der Waals surface area contributed by atoms with Crippen LogP contribution in [0.5, 0.6) is 0 Å². The van der Waals surface area contributed by atoms with E-state index in [0.717, 1.165) is 15.8 Å². The average Bonchev–Trinajstić information content (AvgIpc) is 2.68. The number of aryl methyl sites for hydroxylation is 2. The Labute approximate surface area is 121 Å². The molecule has 0 amide bonds. The summed E-state index contributed by atoms with van der Waals surface area (Å²) in [5.74, 6) is -2.06. The van der Waals surface area contributed by atoms with Crippen LogP contribution < -0.4 is 0 Å². The van der Waals surface area contributed by atoms with Gasteiger partial charge in [0.1, 0.15) is 16.5 Å². The highest BCUT2D eigenvalue weighted by molar-refractivity contribution is 7.92. The molecule has 0 saturated heterocycles. The minimum absolute atomic E-state index is 0.396. The molecule has 0 saturated carbocycles. The summed E-state index contributed by atoms with van der Waals surface area (Å²) in [6.07, 6.45) is 0. The first-order valence-electron chi connectivity index (χ1n) is 5.89. The zero-order chi connectivity index (χ0) is 14.9. The molecule has 0 atom stereocenters. The summed E-state index contributed by atoms with van der Waals surface area (Å²) in [6, 6.07) is 6.74. The quantitative estimate of drug-likeness (QED) is 0.815. The molecule has 20 heavy (non-hydrogen) atoms. The number of hydrogen-bond donors (Lipinski definition) is 0. The Morgan fingerprint density at radius 3 is 2.45 bits per heavy atom. The molecular weight excluding hydrogens is 299 g/mol. The van der Waals surface area contributed by atoms with Gasteiger partial charge in [-0.05, 0) is 32.0 Å². The highest BCUT2D eigenvalue weighted by atomic mass is 32.2. The molecule has 0 aliphatic carbocycles. The monoisotopic (exact) mass is 312 g/mol. The van der Waals surface area contributed by atoms with Crippen LogP contribution in [0.4, 0.5) is 4.39 Å². The first-order valence-corrected chi connectivity index (χ1v) is 8.35. The van der Waals surface area contributed by atoms with Gasteiger partial charge in [0, 0.05) is 15.3 Å². The Morgan fingerprint density at radius 2 is 1.90 bits per heavy atom. The van der Waals surface area contributed by atoms with Gasteiger partial charge in [-0.15, -0.1) is 11.3 Å². The van der Waals surface area contributed by atoms with Gasteiger partial charge in [0.05, 0.1) is 0 Å². The second-order valence-electron chi connectivity index (χ2n) is 4.44. The molecular formula is C14H13FO3S2. The Kier molecular flexibility index (Phi) is 4.06. The third-order valence-corrected chi connectivity index (χ3v) is 5.44. The lowest BCUT2D eigenvalue weighted by atomic mass is 10.2. The van der Waals surface area contributed by atoms with Gasteiger partial charge in [-0.25, -0.2) is 12.8 Å². The lowest BCUT2D eigenvalue weighted by Gasteiger charge is -2.04. The minimum Gasteiger partial charge on any atom is -0.293 e. The number of ketones is 1. The zero-order valence-corrected chi connectivity index (χ0v) is 12.6. The van der Waals surface area contributed by atoms with Crippen molar-refractivity contribution in [2.75, 3.05) is 5.75 Å². The summed E-state index contributed by atoms with van der Waals surface area (Å²) in [4.78, 5) is 13.4. The largest absolute Gasteiger partial charge is 0.293 e. The molecule has 0 unspecified atom stereocenters. The van der Waals surface area contributed by atoms with E-state index >= 15 is 0 Å². The van der Waals surface area contributed by atoms with E-state index in [1.165, 1.54) is 29.5 Å². The van der Waals surface area contributed by atoms with Gasteiger partial charge < -0.3 is 0 Å². The number of carbonyl (C=O) groups excluding carboxylic acids is 1. The molecule has 3 nitrogen and oxygen atoms in total. The fourth-order valence-electron chi connectivity index (χ4n) is 1.93. The third-order valence-electron chi connectivity index (χ3n) is 2.83. The van der Waals surface area contributed by atoms with Crippen molar-refractivity contribution in [2.24, 2.45) is 0 Å². The SMILES string of the molecule is Cc1cc(C(=O)CS(=O)(=O)c2ccccc2F)c(C)s1. The molecule has 0 bridgehead atoms. The predicted octanol–water partition coefficient (Wildman–Crippen LogP) is 3.16. The van der Waals surface area contributed by atoms with E-state index in [1.807, 2.05) is 6.92 Å². The minimum atomic E-state index is -3.97. The molecule has 1 aromatic heterocycles. The summed E-state index contributed by atoms with van der Waals surface area (Å²) in [5.41, 5.74) is 0.396. The van der Waals surface area contributed by atoms with E-state index in [-0.39, 0.29) is 0 Å². The second kappa shape index (κ2) is 5.46. The van der Waals surface area contributed by atoms with Crippen molar-refractivity contribution < 1.29 is 17.6 Å². The Bertz CT molecular complexity index is 760. The van der Waals surface area contributed by atoms with Crippen LogP contribution >= 0.6 is 11.3 Å². The van der Waals surface area contributed by atoms with Crippen molar-refractivity contribution in [3.8, 4) is 0 Å². The molecule has 2 rings (SSSR count). The normalized spacial score (nSPS) is 11.6. The van der Waals surface area contributed by atoms with E-state index in [1.54, 1.807) is 13.0 Å². The zero-order valence-electron chi connectivity index (χ0n) is 11.0. The number of halogens is 1. The number of carbonyl (C=O) groups is 1. The summed E-state index contributed by atoms with van der Waals surface area (Å²) in [5, 5.41) is 0. The predicted molar refractivity (Wildman–Crippen MR) is 76.6 cm³/mol. The number of Topliss-reactive ketones (excluding diaryl/α,β-unsaturated/α-hetero) is 1. The van der Waals surface area contributed by atoms with Crippen molar-refractivity contribution in [3.63, 3.8) is 0 Å². The van der Waals surface area contributed by atoms with Crippen LogP contribution in [0.2, 0.25) is 0 Å². The number of rotatable bonds is 4. The number of benzene rings is 1. The van der Waals surface area contributed by atoms with E-state index in [4.69, 9.17) is 0 Å². The van der Waals surface area contributed by atoms with Gasteiger partial charge in [0.25, 0.3) is 0 Å². The maximum atomic E-state index is 13.5. The molecule has 0 fully saturated rings. The average molecular weight is 312 g/mol. The van der Waals surface area contributed by atoms with Gasteiger partial charge in [-0.1, -0.05) is 12.1 Å². The van der Waals surface area contributed by atoms with Crippen molar-refractivity contribution >= 4 is 27.0 Å². The smallest absolute Gasteiger partial charge is 0.188 e. The number of hydrogen-bond acceptors (Lipinski definition) is 4. The Balaban J connectivity index is 2.32. The molecule has 0 N–H and O–H groups in total. The first-order chi connectivity index (χ1) is 9.31. The summed E-state index contributed by atoms with van der Waals surface area (Å²) >= 11 is 1.43. The second-order valence-corrected chi connectivity index (χ2v) is 7.86. The first kappa shape index (κ1) is 14.9. The van der Waals surface area contributed by atoms with Gasteiger partial charge in [-0.2, -0.15) is 0 Å². The van der Waals surface area contributed by atoms with Crippen LogP contribution in [0.1, 0.15) is 20.1 Å². The Morgan fingerprint density at radius 1 is 1.25 bits per heavy atom. The highest BCUT2D eigenvalue weighted by Gasteiger charge is 2.24. The van der Waals surface area contributed by atoms with Crippen molar-refractivity contribution in [1.29, 1.82) is 0 Å². The molecule has 6 heteroatoms. The van der Waals surface area contributed by atoms with Crippen LogP contribution in [0, 0.1) is 19.7 Å². The van der Waals surface area contributed by atoms with Crippen LogP contribution in [0.3, 0.4) is 0 Å². The number of sulfone groups is 1. The molecule has 0 spiro atoms. The van der Waals surface area contributed by atoms with E-state index in [2.05, 4.69) is 0 Å². The third kappa shape index (κ3) is 2.96. The molecule has 1 heterocycles. The molecule has 2 aromatic rings. The van der Waals surface area contributed by atoms with E-state index < -0.39 is 32.1 Å². The number of thiophene rings is 1. The van der Waals surface area contributed by atoms with Gasteiger partial charge in [0.15, 0.2) is 15.6 Å². The summed E-state index contributed by atoms with van der Waals surface area (Å²) in [6.45, 7) is 3.61. The lowest BCUT2D eigenvalue weighted by molar-refractivity contribution is 0.102. The summed E-state index contributed by atoms with van der Waals surface area (Å²) < 4.78 is 37.7. The van der Waals surface area contributed by atoms with Gasteiger partial charge in [-0.3, -0.25) is 4.79 Å². The molecule has 106 valence electrons. The topological polar surface area (TPSA) is 51.2 Å². The van der Waals surface area contributed by atoms with Crippen LogP contribution in [0.15, 0.2) is 35.2 Å². The van der Waals surface area contributed by atoms with Gasteiger partial charge >= 0.3 is 0 Å². The maximum Gasteiger partial charge on any atom is 0.188 e. The standard InChI is InChI=1S/C14H13FO3S2/c1-9-7-11(10(2)19-9)13(16)8-20(17,18)14-6-4-3-5-12(14)15/h3-7H,8H2,1-2H3. The molecule has 0 aliphatic heterocycles. The van der Waals surface area contributed by atoms with Crippen LogP contribution in [-0.2, 0) is 9.84 Å². The van der Waals surface area contributed by atoms with Gasteiger partial charge in [0.2, 0.25) is 0 Å². The van der Waals surface area contributed by atoms with Crippen LogP contribution in [-0.4, -0.2) is 20.0 Å². The Hall–Kier alpha value is -1.53. The fraction of sp³-hybridized carbons (Fsp3) is 0.214. The summed E-state index contributed by atoms with van der Waals surface area (Å²) in [7, 11) is -3.97. The van der Waals surface area contributed by atoms with E-state index in [0.29, 0.717) is 5.56 Å². The molecule has 1 aromatic carbocycles.